The Labute approximate surface area is 140 Å². The summed E-state index contributed by atoms with van der Waals surface area (Å²) in [5, 5.41) is 6.93. The van der Waals surface area contributed by atoms with Gasteiger partial charge in [-0.3, -0.25) is 4.79 Å². The van der Waals surface area contributed by atoms with Crippen molar-refractivity contribution in [3.63, 3.8) is 0 Å². The fourth-order valence-electron chi connectivity index (χ4n) is 1.91. The summed E-state index contributed by atoms with van der Waals surface area (Å²) in [6, 6.07) is 7.33. The Morgan fingerprint density at radius 2 is 2.04 bits per heavy atom. The van der Waals surface area contributed by atoms with Crippen molar-refractivity contribution in [1.29, 1.82) is 0 Å². The van der Waals surface area contributed by atoms with E-state index in [4.69, 9.17) is 9.47 Å². The normalized spacial score (nSPS) is 10.8. The van der Waals surface area contributed by atoms with Crippen molar-refractivity contribution in [3.8, 4) is 5.75 Å². The van der Waals surface area contributed by atoms with Crippen molar-refractivity contribution in [3.05, 3.63) is 48.0 Å². The molecule has 0 unspecified atom stereocenters. The highest BCUT2D eigenvalue weighted by atomic mass is 19.1. The van der Waals surface area contributed by atoms with Crippen LogP contribution >= 0.6 is 0 Å². The second kappa shape index (κ2) is 9.02. The van der Waals surface area contributed by atoms with E-state index < -0.39 is 0 Å². The number of nitrogens with zero attached hydrogens (tertiary/aromatic N) is 2. The molecule has 2 rings (SSSR count). The molecule has 0 radical (unpaired) electrons. The van der Waals surface area contributed by atoms with E-state index in [-0.39, 0.29) is 24.6 Å². The van der Waals surface area contributed by atoms with Gasteiger partial charge in [-0.2, -0.15) is 5.10 Å². The monoisotopic (exact) mass is 335 g/mol. The fourth-order valence-corrected chi connectivity index (χ4v) is 1.91. The van der Waals surface area contributed by atoms with Crippen molar-refractivity contribution in [2.75, 3.05) is 13.2 Å². The molecule has 0 saturated heterocycles. The molecule has 0 spiro atoms. The maximum atomic E-state index is 12.8. The number of nitrogens with one attached hydrogen (secondary N) is 1. The standard InChI is InChI=1S/C17H22FN3O3/c1-13(2)23-11-3-9-19-17(22)16-8-10-21(20-16)12-24-15-6-4-14(18)5-7-15/h4-8,10,13H,3,9,11-12H2,1-2H3,(H,19,22). The summed E-state index contributed by atoms with van der Waals surface area (Å²) >= 11 is 0. The first-order valence-corrected chi connectivity index (χ1v) is 7.86. The van der Waals surface area contributed by atoms with Crippen molar-refractivity contribution in [1.82, 2.24) is 15.1 Å². The molecule has 1 amide bonds. The number of benzene rings is 1. The van der Waals surface area contributed by atoms with Gasteiger partial charge in [0.05, 0.1) is 6.10 Å². The van der Waals surface area contributed by atoms with E-state index in [0.29, 0.717) is 24.6 Å². The Bertz CT molecular complexity index is 641. The molecular weight excluding hydrogens is 313 g/mol. The zero-order valence-corrected chi connectivity index (χ0v) is 13.9. The van der Waals surface area contributed by atoms with Gasteiger partial charge in [-0.15, -0.1) is 0 Å². The molecule has 7 heteroatoms. The van der Waals surface area contributed by atoms with Crippen LogP contribution in [0.25, 0.3) is 0 Å². The first kappa shape index (κ1) is 17.9. The molecule has 1 aromatic heterocycles. The van der Waals surface area contributed by atoms with Gasteiger partial charge in [0.15, 0.2) is 6.73 Å². The summed E-state index contributed by atoms with van der Waals surface area (Å²) in [6.07, 6.45) is 2.59. The third kappa shape index (κ3) is 6.00. The van der Waals surface area contributed by atoms with Gasteiger partial charge in [0, 0.05) is 19.3 Å². The molecule has 0 bridgehead atoms. The van der Waals surface area contributed by atoms with Gasteiger partial charge in [-0.05, 0) is 50.6 Å². The van der Waals surface area contributed by atoms with Crippen LogP contribution < -0.4 is 10.1 Å². The fraction of sp³-hybridized carbons (Fsp3) is 0.412. The second-order valence-electron chi connectivity index (χ2n) is 5.50. The minimum Gasteiger partial charge on any atom is -0.471 e. The Hall–Kier alpha value is -2.41. The minimum atomic E-state index is -0.320. The van der Waals surface area contributed by atoms with E-state index in [0.717, 1.165) is 6.42 Å². The lowest BCUT2D eigenvalue weighted by Gasteiger charge is -2.07. The maximum Gasteiger partial charge on any atom is 0.271 e. The first-order valence-electron chi connectivity index (χ1n) is 7.86. The molecular formula is C17H22FN3O3. The third-order valence-corrected chi connectivity index (χ3v) is 3.11. The van der Waals surface area contributed by atoms with E-state index >= 15 is 0 Å². The topological polar surface area (TPSA) is 65.4 Å². The average molecular weight is 335 g/mol. The summed E-state index contributed by atoms with van der Waals surface area (Å²) in [5.41, 5.74) is 0.322. The van der Waals surface area contributed by atoms with Crippen molar-refractivity contribution >= 4 is 5.91 Å². The Morgan fingerprint density at radius 1 is 1.29 bits per heavy atom. The lowest BCUT2D eigenvalue weighted by molar-refractivity contribution is 0.0756. The van der Waals surface area contributed by atoms with Crippen molar-refractivity contribution < 1.29 is 18.7 Å². The van der Waals surface area contributed by atoms with Crippen LogP contribution in [-0.2, 0) is 11.5 Å². The predicted octanol–water partition coefficient (Wildman–Crippen LogP) is 2.60. The van der Waals surface area contributed by atoms with E-state index in [2.05, 4.69) is 10.4 Å². The molecule has 6 nitrogen and oxygen atoms in total. The van der Waals surface area contributed by atoms with Crippen LogP contribution in [0.15, 0.2) is 36.5 Å². The molecule has 0 fully saturated rings. The predicted molar refractivity (Wildman–Crippen MR) is 87.3 cm³/mol. The average Bonchev–Trinajstić information content (AvgIpc) is 3.02. The zero-order chi connectivity index (χ0) is 17.4. The molecule has 0 aliphatic rings. The molecule has 0 aliphatic heterocycles. The quantitative estimate of drug-likeness (QED) is 0.716. The van der Waals surface area contributed by atoms with Gasteiger partial charge < -0.3 is 14.8 Å². The number of hydrogen-bond acceptors (Lipinski definition) is 4. The maximum absolute atomic E-state index is 12.8. The molecule has 2 aromatic rings. The van der Waals surface area contributed by atoms with Gasteiger partial charge in [-0.1, -0.05) is 0 Å². The van der Waals surface area contributed by atoms with Gasteiger partial charge in [-0.25, -0.2) is 9.07 Å². The molecule has 0 atom stereocenters. The van der Waals surface area contributed by atoms with Gasteiger partial charge in [0.1, 0.15) is 17.3 Å². The number of hydrogen-bond donors (Lipinski definition) is 1. The van der Waals surface area contributed by atoms with Crippen molar-refractivity contribution in [2.45, 2.75) is 33.1 Å². The molecule has 1 N–H and O–H groups in total. The second-order valence-corrected chi connectivity index (χ2v) is 5.50. The lowest BCUT2D eigenvalue weighted by atomic mass is 10.3. The van der Waals surface area contributed by atoms with Crippen LogP contribution in [0, 0.1) is 5.82 Å². The molecule has 130 valence electrons. The number of amides is 1. The van der Waals surface area contributed by atoms with Gasteiger partial charge in [0.25, 0.3) is 5.91 Å². The van der Waals surface area contributed by atoms with Gasteiger partial charge in [0.2, 0.25) is 0 Å². The number of carbonyl (C=O) groups excluding carboxylic acids is 1. The lowest BCUT2D eigenvalue weighted by Crippen LogP contribution is -2.26. The molecule has 0 aliphatic carbocycles. The molecule has 1 heterocycles. The summed E-state index contributed by atoms with van der Waals surface area (Å²) in [7, 11) is 0. The highest BCUT2D eigenvalue weighted by molar-refractivity contribution is 5.92. The van der Waals surface area contributed by atoms with Crippen LogP contribution in [0.5, 0.6) is 5.75 Å². The third-order valence-electron chi connectivity index (χ3n) is 3.11. The molecule has 1 aromatic carbocycles. The smallest absolute Gasteiger partial charge is 0.271 e. The van der Waals surface area contributed by atoms with Crippen LogP contribution in [-0.4, -0.2) is 34.9 Å². The van der Waals surface area contributed by atoms with Gasteiger partial charge >= 0.3 is 0 Å². The summed E-state index contributed by atoms with van der Waals surface area (Å²) in [6.45, 7) is 5.22. The largest absolute Gasteiger partial charge is 0.471 e. The molecule has 24 heavy (non-hydrogen) atoms. The van der Waals surface area contributed by atoms with Crippen LogP contribution in [0.4, 0.5) is 4.39 Å². The van der Waals surface area contributed by atoms with E-state index in [1.807, 2.05) is 13.8 Å². The number of aromatic nitrogens is 2. The number of rotatable bonds is 9. The Balaban J connectivity index is 1.73. The summed E-state index contributed by atoms with van der Waals surface area (Å²) < 4.78 is 25.2. The highest BCUT2D eigenvalue weighted by Gasteiger charge is 2.09. The van der Waals surface area contributed by atoms with Crippen LogP contribution in [0.2, 0.25) is 0 Å². The summed E-state index contributed by atoms with van der Waals surface area (Å²) in [5.74, 6) is -0.0256. The number of carbonyl (C=O) groups is 1. The molecule has 0 saturated carbocycles. The van der Waals surface area contributed by atoms with E-state index in [9.17, 15) is 9.18 Å². The highest BCUT2D eigenvalue weighted by Crippen LogP contribution is 2.11. The van der Waals surface area contributed by atoms with Crippen LogP contribution in [0.1, 0.15) is 30.8 Å². The van der Waals surface area contributed by atoms with E-state index in [1.165, 1.54) is 28.9 Å². The summed E-state index contributed by atoms with van der Waals surface area (Å²) in [4.78, 5) is 12.0. The van der Waals surface area contributed by atoms with Crippen LogP contribution in [0.3, 0.4) is 0 Å². The number of ether oxygens (including phenoxy) is 2. The first-order chi connectivity index (χ1) is 11.5. The minimum absolute atomic E-state index is 0.140. The zero-order valence-electron chi connectivity index (χ0n) is 13.9. The van der Waals surface area contributed by atoms with Crippen molar-refractivity contribution in [2.24, 2.45) is 0 Å². The Morgan fingerprint density at radius 3 is 2.75 bits per heavy atom. The Kier molecular flexibility index (Phi) is 6.74. The SMILES string of the molecule is CC(C)OCCCNC(=O)c1ccn(COc2ccc(F)cc2)n1. The van der Waals surface area contributed by atoms with E-state index in [1.54, 1.807) is 12.3 Å². The number of halogens is 1.